The first kappa shape index (κ1) is 20.5. The minimum atomic E-state index is -0.901. The summed E-state index contributed by atoms with van der Waals surface area (Å²) in [6.45, 7) is 0. The molecule has 0 fully saturated rings. The van der Waals surface area contributed by atoms with Gasteiger partial charge in [0.05, 0.1) is 21.3 Å². The Balaban J connectivity index is 0.00000243. The summed E-state index contributed by atoms with van der Waals surface area (Å²) in [6, 6.07) is 24.4. The molecular weight excluding hydrogens is 438 g/mol. The molecule has 0 spiro atoms. The van der Waals surface area contributed by atoms with Crippen molar-refractivity contribution >= 4 is 23.8 Å². The third kappa shape index (κ3) is 4.10. The molecule has 0 unspecified atom stereocenters. The van der Waals surface area contributed by atoms with E-state index in [-0.39, 0.29) is 20.4 Å². The maximum atomic E-state index is 5.65. The molecule has 3 nitrogen and oxygen atoms in total. The van der Waals surface area contributed by atoms with E-state index in [1.54, 1.807) is 21.3 Å². The van der Waals surface area contributed by atoms with Gasteiger partial charge in [0.2, 0.25) is 0 Å². The maximum absolute atomic E-state index is 5.65. The fourth-order valence-corrected chi connectivity index (χ4v) is 5.48. The van der Waals surface area contributed by atoms with Crippen molar-refractivity contribution < 1.29 is 34.6 Å². The summed E-state index contributed by atoms with van der Waals surface area (Å²) >= 11 is 0. The van der Waals surface area contributed by atoms with Crippen LogP contribution >= 0.6 is 7.92 Å². The number of benzene rings is 3. The Labute approximate surface area is 169 Å². The van der Waals surface area contributed by atoms with Crippen LogP contribution in [-0.2, 0) is 20.4 Å². The van der Waals surface area contributed by atoms with Gasteiger partial charge in [0.25, 0.3) is 0 Å². The van der Waals surface area contributed by atoms with Crippen LogP contribution in [-0.4, -0.2) is 21.3 Å². The molecule has 3 aromatic rings. The quantitative estimate of drug-likeness (QED) is 0.418. The van der Waals surface area contributed by atoms with Gasteiger partial charge in [0, 0.05) is 36.3 Å². The molecule has 0 N–H and O–H groups in total. The van der Waals surface area contributed by atoms with Gasteiger partial charge < -0.3 is 14.2 Å². The molecular formula is C21H21O3PPd. The summed E-state index contributed by atoms with van der Waals surface area (Å²) < 4.78 is 17.0. The molecule has 3 aromatic carbocycles. The maximum Gasteiger partial charge on any atom is 0.127 e. The number of ether oxygens (including phenoxy) is 3. The van der Waals surface area contributed by atoms with Crippen molar-refractivity contribution in [3.05, 3.63) is 72.8 Å². The second-order valence-electron chi connectivity index (χ2n) is 5.35. The first-order chi connectivity index (χ1) is 12.3. The Morgan fingerprint density at radius 1 is 0.500 bits per heavy atom. The van der Waals surface area contributed by atoms with Gasteiger partial charge >= 0.3 is 0 Å². The van der Waals surface area contributed by atoms with Gasteiger partial charge in [-0.15, -0.1) is 0 Å². The van der Waals surface area contributed by atoms with Crippen LogP contribution in [0.25, 0.3) is 0 Å². The molecule has 138 valence electrons. The Hall–Kier alpha value is -1.85. The molecule has 0 aromatic heterocycles. The molecule has 0 heterocycles. The summed E-state index contributed by atoms with van der Waals surface area (Å²) in [4.78, 5) is 0. The molecule has 0 saturated heterocycles. The second-order valence-corrected chi connectivity index (χ2v) is 7.47. The summed E-state index contributed by atoms with van der Waals surface area (Å²) in [6.07, 6.45) is 0. The van der Waals surface area contributed by atoms with Crippen LogP contribution in [0.3, 0.4) is 0 Å². The van der Waals surface area contributed by atoms with Gasteiger partial charge in [0.1, 0.15) is 17.2 Å². The van der Waals surface area contributed by atoms with Gasteiger partial charge in [0.15, 0.2) is 0 Å². The van der Waals surface area contributed by atoms with E-state index >= 15 is 0 Å². The standard InChI is InChI=1S/C21H21O3P.Pd/c1-22-16-10-4-7-13-19(16)25(20-14-8-5-11-17(20)23-2)21-15-9-6-12-18(21)24-3;/h4-15H,1-3H3;. The van der Waals surface area contributed by atoms with E-state index in [4.69, 9.17) is 14.2 Å². The summed E-state index contributed by atoms with van der Waals surface area (Å²) in [5, 5.41) is 3.40. The minimum Gasteiger partial charge on any atom is -0.496 e. The van der Waals surface area contributed by atoms with Crippen molar-refractivity contribution in [2.24, 2.45) is 0 Å². The molecule has 0 saturated carbocycles. The van der Waals surface area contributed by atoms with E-state index in [0.29, 0.717) is 0 Å². The Kier molecular flexibility index (Phi) is 7.67. The number of hydrogen-bond donors (Lipinski definition) is 0. The van der Waals surface area contributed by atoms with Crippen LogP contribution < -0.4 is 30.1 Å². The average molecular weight is 459 g/mol. The average Bonchev–Trinajstić information content (AvgIpc) is 2.69. The third-order valence-corrected chi connectivity index (χ3v) is 6.53. The van der Waals surface area contributed by atoms with Gasteiger partial charge in [-0.05, 0) is 26.1 Å². The van der Waals surface area contributed by atoms with Crippen molar-refractivity contribution in [2.45, 2.75) is 0 Å². The fraction of sp³-hybridized carbons (Fsp3) is 0.143. The molecule has 0 atom stereocenters. The van der Waals surface area contributed by atoms with Crippen LogP contribution in [0.4, 0.5) is 0 Å². The zero-order chi connectivity index (χ0) is 17.6. The number of rotatable bonds is 6. The van der Waals surface area contributed by atoms with Gasteiger partial charge in [-0.25, -0.2) is 0 Å². The molecule has 0 bridgehead atoms. The number of methoxy groups -OCH3 is 3. The van der Waals surface area contributed by atoms with E-state index in [1.165, 1.54) is 0 Å². The van der Waals surface area contributed by atoms with Gasteiger partial charge in [-0.1, -0.05) is 54.6 Å². The largest absolute Gasteiger partial charge is 0.496 e. The topological polar surface area (TPSA) is 27.7 Å². The monoisotopic (exact) mass is 458 g/mol. The van der Waals surface area contributed by atoms with Crippen LogP contribution in [0.1, 0.15) is 0 Å². The molecule has 0 aliphatic heterocycles. The van der Waals surface area contributed by atoms with Crippen LogP contribution in [0.2, 0.25) is 0 Å². The van der Waals surface area contributed by atoms with Crippen LogP contribution in [0.5, 0.6) is 17.2 Å². The number of hydrogen-bond acceptors (Lipinski definition) is 3. The molecule has 5 heteroatoms. The number of para-hydroxylation sites is 3. The predicted octanol–water partition coefficient (Wildman–Crippen LogP) is 3.47. The summed E-state index contributed by atoms with van der Waals surface area (Å²) in [5.41, 5.74) is 0. The Morgan fingerprint density at radius 3 is 1.04 bits per heavy atom. The molecule has 26 heavy (non-hydrogen) atoms. The van der Waals surface area contributed by atoms with Crippen molar-refractivity contribution in [3.63, 3.8) is 0 Å². The van der Waals surface area contributed by atoms with Gasteiger partial charge in [-0.3, -0.25) is 0 Å². The van der Waals surface area contributed by atoms with Gasteiger partial charge in [-0.2, -0.15) is 0 Å². The van der Waals surface area contributed by atoms with E-state index in [2.05, 4.69) is 18.2 Å². The zero-order valence-electron chi connectivity index (χ0n) is 14.9. The molecule has 0 aliphatic rings. The predicted molar refractivity (Wildman–Crippen MR) is 105 cm³/mol. The first-order valence-corrected chi connectivity index (χ1v) is 9.33. The molecule has 0 aliphatic carbocycles. The second kappa shape index (κ2) is 9.74. The first-order valence-electron chi connectivity index (χ1n) is 7.99. The third-order valence-electron chi connectivity index (χ3n) is 3.98. The molecule has 0 amide bonds. The van der Waals surface area contributed by atoms with Crippen LogP contribution in [0.15, 0.2) is 72.8 Å². The zero-order valence-corrected chi connectivity index (χ0v) is 17.4. The SMILES string of the molecule is COc1ccccc1P(c1ccccc1OC)c1ccccc1OC.[Pd]. The van der Waals surface area contributed by atoms with E-state index in [1.807, 2.05) is 54.6 Å². The Bertz CT molecular complexity index is 741. The molecule has 0 radical (unpaired) electrons. The van der Waals surface area contributed by atoms with Crippen molar-refractivity contribution in [1.29, 1.82) is 0 Å². The summed E-state index contributed by atoms with van der Waals surface area (Å²) in [7, 11) is 4.21. The fourth-order valence-electron chi connectivity index (χ4n) is 2.83. The van der Waals surface area contributed by atoms with E-state index < -0.39 is 7.92 Å². The van der Waals surface area contributed by atoms with Crippen molar-refractivity contribution in [1.82, 2.24) is 0 Å². The smallest absolute Gasteiger partial charge is 0.127 e. The summed E-state index contributed by atoms with van der Waals surface area (Å²) in [5.74, 6) is 2.60. The van der Waals surface area contributed by atoms with Crippen LogP contribution in [0, 0.1) is 0 Å². The van der Waals surface area contributed by atoms with E-state index in [0.717, 1.165) is 33.2 Å². The van der Waals surface area contributed by atoms with E-state index in [9.17, 15) is 0 Å². The molecule has 3 rings (SSSR count). The minimum absolute atomic E-state index is 0. The Morgan fingerprint density at radius 2 is 0.769 bits per heavy atom. The van der Waals surface area contributed by atoms with Crippen molar-refractivity contribution in [2.75, 3.05) is 21.3 Å². The van der Waals surface area contributed by atoms with Crippen molar-refractivity contribution in [3.8, 4) is 17.2 Å². The normalized spacial score (nSPS) is 10.2.